The number of ether oxygens (including phenoxy) is 1. The Morgan fingerprint density at radius 3 is 2.64 bits per heavy atom. The van der Waals surface area contributed by atoms with Crippen molar-refractivity contribution in [1.82, 2.24) is 5.27 Å². The zero-order chi connectivity index (χ0) is 25.1. The molecule has 4 aromatic rings. The third-order valence-electron chi connectivity index (χ3n) is 6.09. The van der Waals surface area contributed by atoms with Gasteiger partial charge in [-0.05, 0) is 52.8 Å². The van der Waals surface area contributed by atoms with Gasteiger partial charge in [0, 0.05) is 17.0 Å². The number of benzene rings is 2. The second-order valence-electron chi connectivity index (χ2n) is 8.30. The lowest BCUT2D eigenvalue weighted by Gasteiger charge is -2.22. The summed E-state index contributed by atoms with van der Waals surface area (Å²) in [6.45, 7) is 0. The molecule has 1 atom stereocenters. The molecule has 2 aromatic carbocycles. The molecule has 1 aliphatic rings. The standard InChI is InChI=1S/C26H23N3O5S2/c1-33-25(31)22-19-13-12-17(16-8-4-2-5-9-16)14-20(19)36-23(22)27-21(30)15-35-24-26(32)34-28-29(24)18-10-6-3-7-11-18/h2-11,17H,12-15H2,1H3,(H-,27,28,30,31,32). The Labute approximate surface area is 215 Å². The van der Waals surface area contributed by atoms with Crippen molar-refractivity contribution in [3.63, 3.8) is 0 Å². The Morgan fingerprint density at radius 1 is 1.19 bits per heavy atom. The summed E-state index contributed by atoms with van der Waals surface area (Å²) < 4.78 is 11.2. The van der Waals surface area contributed by atoms with Crippen LogP contribution >= 0.6 is 23.1 Å². The maximum atomic E-state index is 12.9. The van der Waals surface area contributed by atoms with Crippen molar-refractivity contribution in [3.05, 3.63) is 82.2 Å². The van der Waals surface area contributed by atoms with Crippen molar-refractivity contribution in [2.24, 2.45) is 0 Å². The summed E-state index contributed by atoms with van der Waals surface area (Å²) in [5.41, 5.74) is 3.30. The van der Waals surface area contributed by atoms with Gasteiger partial charge in [0.2, 0.25) is 11.6 Å². The predicted molar refractivity (Wildman–Crippen MR) is 134 cm³/mol. The normalized spacial score (nSPS) is 14.8. The van der Waals surface area contributed by atoms with Gasteiger partial charge in [0.1, 0.15) is 5.00 Å². The van der Waals surface area contributed by atoms with E-state index in [4.69, 9.17) is 9.26 Å². The van der Waals surface area contributed by atoms with Gasteiger partial charge in [-0.1, -0.05) is 48.5 Å². The average molecular weight is 522 g/mol. The van der Waals surface area contributed by atoms with Gasteiger partial charge < -0.3 is 19.7 Å². The van der Waals surface area contributed by atoms with Gasteiger partial charge in [0.25, 0.3) is 5.03 Å². The van der Waals surface area contributed by atoms with E-state index in [1.165, 1.54) is 28.7 Å². The van der Waals surface area contributed by atoms with E-state index in [0.717, 1.165) is 41.5 Å². The van der Waals surface area contributed by atoms with E-state index in [-0.39, 0.29) is 16.7 Å². The first-order valence-corrected chi connectivity index (χ1v) is 13.2. The Morgan fingerprint density at radius 2 is 1.92 bits per heavy atom. The van der Waals surface area contributed by atoms with Crippen LogP contribution in [-0.2, 0) is 22.4 Å². The summed E-state index contributed by atoms with van der Waals surface area (Å²) in [7, 11) is 1.34. The molecule has 0 radical (unpaired) electrons. The van der Waals surface area contributed by atoms with E-state index in [9.17, 15) is 14.7 Å². The second kappa shape index (κ2) is 10.5. The number of anilines is 1. The van der Waals surface area contributed by atoms with E-state index in [2.05, 4.69) is 22.7 Å². The maximum absolute atomic E-state index is 12.9. The van der Waals surface area contributed by atoms with Crippen LogP contribution < -0.4 is 15.1 Å². The molecular weight excluding hydrogens is 498 g/mol. The van der Waals surface area contributed by atoms with Crippen LogP contribution in [-0.4, -0.2) is 30.0 Å². The van der Waals surface area contributed by atoms with Crippen molar-refractivity contribution in [2.75, 3.05) is 18.2 Å². The zero-order valence-corrected chi connectivity index (χ0v) is 21.1. The Bertz CT molecular complexity index is 1390. The Kier molecular flexibility index (Phi) is 7.06. The number of methoxy groups -OCH3 is 1. The van der Waals surface area contributed by atoms with Gasteiger partial charge in [-0.25, -0.2) is 4.79 Å². The van der Waals surface area contributed by atoms with Gasteiger partial charge in [0.05, 0.1) is 23.7 Å². The lowest BCUT2D eigenvalue weighted by molar-refractivity contribution is -0.705. The Balaban J connectivity index is 1.33. The molecule has 1 aliphatic carbocycles. The van der Waals surface area contributed by atoms with E-state index < -0.39 is 11.9 Å². The van der Waals surface area contributed by atoms with E-state index >= 15 is 0 Å². The molecule has 0 aliphatic heterocycles. The van der Waals surface area contributed by atoms with E-state index in [1.54, 1.807) is 12.1 Å². The molecule has 10 heteroatoms. The minimum absolute atomic E-state index is 0.0564. The highest BCUT2D eigenvalue weighted by molar-refractivity contribution is 7.99. The maximum Gasteiger partial charge on any atom is 0.341 e. The van der Waals surface area contributed by atoms with E-state index in [1.807, 2.05) is 36.4 Å². The second-order valence-corrected chi connectivity index (χ2v) is 10.4. The molecule has 2 heterocycles. The van der Waals surface area contributed by atoms with Crippen LogP contribution in [0.5, 0.6) is 5.95 Å². The molecule has 1 amide bonds. The molecule has 2 aromatic heterocycles. The fourth-order valence-corrected chi connectivity index (χ4v) is 6.48. The number of aromatic nitrogens is 2. The number of nitrogens with zero attached hydrogens (tertiary/aromatic N) is 2. The molecule has 0 spiro atoms. The summed E-state index contributed by atoms with van der Waals surface area (Å²) in [5, 5.41) is 19.5. The number of nitrogens with one attached hydrogen (secondary N) is 1. The van der Waals surface area contributed by atoms with Gasteiger partial charge in [-0.15, -0.1) is 11.3 Å². The predicted octanol–water partition coefficient (Wildman–Crippen LogP) is 3.88. The fraction of sp³-hybridized carbons (Fsp3) is 0.231. The monoisotopic (exact) mass is 521 g/mol. The molecule has 8 nitrogen and oxygen atoms in total. The van der Waals surface area contributed by atoms with Crippen LogP contribution in [0.2, 0.25) is 0 Å². The van der Waals surface area contributed by atoms with Gasteiger partial charge >= 0.3 is 5.97 Å². The number of hydrogen-bond donors (Lipinski definition) is 1. The lowest BCUT2D eigenvalue weighted by atomic mass is 9.83. The third kappa shape index (κ3) is 4.87. The minimum Gasteiger partial charge on any atom is -0.538 e. The largest absolute Gasteiger partial charge is 0.538 e. The number of hydrogen-bond acceptors (Lipinski definition) is 8. The van der Waals surface area contributed by atoms with Gasteiger partial charge in [-0.2, -0.15) is 0 Å². The number of fused-ring (bicyclic) bond motifs is 1. The molecule has 1 N–H and O–H groups in total. The summed E-state index contributed by atoms with van der Waals surface area (Å²) in [5.74, 6) is -1.12. The molecule has 0 fully saturated rings. The Hall–Kier alpha value is -3.63. The zero-order valence-electron chi connectivity index (χ0n) is 19.4. The van der Waals surface area contributed by atoms with Crippen molar-refractivity contribution in [3.8, 4) is 11.6 Å². The summed E-state index contributed by atoms with van der Waals surface area (Å²) >= 11 is 2.44. The highest BCUT2D eigenvalue weighted by Gasteiger charge is 2.31. The smallest absolute Gasteiger partial charge is 0.341 e. The SMILES string of the molecule is COC(=O)c1c(NC(=O)CSc2c([O-])on[n+]2-c2ccccc2)sc2c1CCC(c1ccccc1)C2. The van der Waals surface area contributed by atoms with E-state index in [0.29, 0.717) is 22.2 Å². The van der Waals surface area contributed by atoms with Crippen LogP contribution in [0.3, 0.4) is 0 Å². The number of carbonyl (C=O) groups is 2. The van der Waals surface area contributed by atoms with Crippen molar-refractivity contribution in [1.29, 1.82) is 0 Å². The number of carbonyl (C=O) groups excluding carboxylic acids is 2. The first kappa shape index (κ1) is 24.1. The summed E-state index contributed by atoms with van der Waals surface area (Å²) in [6.07, 6.45) is 2.45. The number of amides is 1. The number of rotatable bonds is 7. The highest BCUT2D eigenvalue weighted by atomic mass is 32.2. The third-order valence-corrected chi connectivity index (χ3v) is 8.28. The van der Waals surface area contributed by atoms with Gasteiger partial charge in [0.15, 0.2) is 5.95 Å². The molecule has 0 bridgehead atoms. The average Bonchev–Trinajstić information content (AvgIpc) is 3.46. The van der Waals surface area contributed by atoms with Crippen LogP contribution in [0.4, 0.5) is 5.00 Å². The first-order valence-electron chi connectivity index (χ1n) is 11.4. The van der Waals surface area contributed by atoms with Crippen molar-refractivity contribution in [2.45, 2.75) is 30.2 Å². The molecule has 184 valence electrons. The lowest BCUT2D eigenvalue weighted by Crippen LogP contribution is -2.35. The highest BCUT2D eigenvalue weighted by Crippen LogP contribution is 2.42. The fourth-order valence-electron chi connectivity index (χ4n) is 4.39. The van der Waals surface area contributed by atoms with Crippen LogP contribution in [0, 0.1) is 0 Å². The van der Waals surface area contributed by atoms with Crippen LogP contribution in [0.25, 0.3) is 5.69 Å². The first-order chi connectivity index (χ1) is 17.5. The van der Waals surface area contributed by atoms with Crippen molar-refractivity contribution >= 4 is 40.0 Å². The summed E-state index contributed by atoms with van der Waals surface area (Å²) in [6, 6.07) is 19.4. The van der Waals surface area contributed by atoms with Crippen LogP contribution in [0.1, 0.15) is 38.7 Å². The quantitative estimate of drug-likeness (QED) is 0.223. The molecule has 5 rings (SSSR count). The molecule has 1 unspecified atom stereocenters. The summed E-state index contributed by atoms with van der Waals surface area (Å²) in [4.78, 5) is 26.6. The molecule has 36 heavy (non-hydrogen) atoms. The number of thioether (sulfide) groups is 1. The molecule has 0 saturated heterocycles. The molecule has 0 saturated carbocycles. The number of para-hydroxylation sites is 1. The topological polar surface area (TPSA) is 108 Å². The number of thiophene rings is 1. The van der Waals surface area contributed by atoms with Crippen LogP contribution in [0.15, 0.2) is 70.2 Å². The van der Waals surface area contributed by atoms with Crippen molar-refractivity contribution < 1.29 is 28.6 Å². The van der Waals surface area contributed by atoms with Gasteiger partial charge in [-0.3, -0.25) is 4.79 Å². The number of esters is 1. The minimum atomic E-state index is -0.620. The molecular formula is C26H23N3O5S2.